The molecule has 1 amide bonds. The number of ether oxygens (including phenoxy) is 1. The Morgan fingerprint density at radius 1 is 1.19 bits per heavy atom. The van der Waals surface area contributed by atoms with Gasteiger partial charge in [-0.05, 0) is 36.4 Å². The van der Waals surface area contributed by atoms with Gasteiger partial charge in [0.15, 0.2) is 5.06 Å². The first-order chi connectivity index (χ1) is 7.65. The maximum Gasteiger partial charge on any atom is 0.258 e. The lowest BCUT2D eigenvalue weighted by Crippen LogP contribution is -2.07. The summed E-state index contributed by atoms with van der Waals surface area (Å²) in [5.41, 5.74) is 5.14. The van der Waals surface area contributed by atoms with Crippen LogP contribution in [0.5, 0.6) is 10.8 Å². The van der Waals surface area contributed by atoms with Crippen LogP contribution in [0.15, 0.2) is 36.4 Å². The molecule has 82 valence electrons. The monoisotopic (exact) mass is 253 g/mol. The Bertz CT molecular complexity index is 507. The predicted molar refractivity (Wildman–Crippen MR) is 64.4 cm³/mol. The fourth-order valence-corrected chi connectivity index (χ4v) is 1.98. The average Bonchev–Trinajstić information content (AvgIpc) is 2.70. The van der Waals surface area contributed by atoms with Crippen molar-refractivity contribution in [1.29, 1.82) is 0 Å². The highest BCUT2D eigenvalue weighted by atomic mass is 35.5. The van der Waals surface area contributed by atoms with E-state index in [1.54, 1.807) is 36.4 Å². The number of benzene rings is 1. The van der Waals surface area contributed by atoms with Gasteiger partial charge in [-0.15, -0.1) is 0 Å². The molecule has 0 aliphatic heterocycles. The van der Waals surface area contributed by atoms with Crippen LogP contribution >= 0.6 is 22.9 Å². The molecule has 0 spiro atoms. The number of primary amides is 1. The molecular formula is C11H8ClNO2S. The van der Waals surface area contributed by atoms with E-state index in [-0.39, 0.29) is 0 Å². The zero-order chi connectivity index (χ0) is 11.5. The van der Waals surface area contributed by atoms with Crippen molar-refractivity contribution in [2.75, 3.05) is 0 Å². The Labute approximate surface area is 101 Å². The van der Waals surface area contributed by atoms with E-state index in [4.69, 9.17) is 22.1 Å². The maximum atomic E-state index is 10.9. The molecule has 2 aromatic rings. The summed E-state index contributed by atoms with van der Waals surface area (Å²) in [6, 6.07) is 10.3. The van der Waals surface area contributed by atoms with Crippen molar-refractivity contribution in [3.8, 4) is 10.8 Å². The Balaban J connectivity index is 2.14. The van der Waals surface area contributed by atoms with Crippen LogP contribution in [0.25, 0.3) is 0 Å². The van der Waals surface area contributed by atoms with Crippen molar-refractivity contribution >= 4 is 28.8 Å². The molecule has 1 aromatic heterocycles. The highest BCUT2D eigenvalue weighted by Crippen LogP contribution is 2.29. The summed E-state index contributed by atoms with van der Waals surface area (Å²) in [4.78, 5) is 11.3. The van der Waals surface area contributed by atoms with E-state index in [2.05, 4.69) is 0 Å². The van der Waals surface area contributed by atoms with Crippen LogP contribution in [-0.2, 0) is 0 Å². The first-order valence-corrected chi connectivity index (χ1v) is 5.67. The molecule has 2 N–H and O–H groups in total. The fourth-order valence-electron chi connectivity index (χ4n) is 1.13. The summed E-state index contributed by atoms with van der Waals surface area (Å²) in [6.45, 7) is 0. The normalized spacial score (nSPS) is 10.1. The van der Waals surface area contributed by atoms with Gasteiger partial charge in [0, 0.05) is 5.02 Å². The van der Waals surface area contributed by atoms with Crippen LogP contribution in [0, 0.1) is 0 Å². The lowest BCUT2D eigenvalue weighted by Gasteiger charge is -2.01. The van der Waals surface area contributed by atoms with E-state index >= 15 is 0 Å². The molecule has 0 aliphatic carbocycles. The summed E-state index contributed by atoms with van der Waals surface area (Å²) in [5.74, 6) is 0.221. The Morgan fingerprint density at radius 2 is 1.88 bits per heavy atom. The number of carbonyl (C=O) groups is 1. The number of halogens is 1. The van der Waals surface area contributed by atoms with E-state index in [1.165, 1.54) is 11.3 Å². The number of hydrogen-bond acceptors (Lipinski definition) is 3. The minimum absolute atomic E-state index is 0.448. The van der Waals surface area contributed by atoms with Gasteiger partial charge in [0.05, 0.1) is 4.88 Å². The Hall–Kier alpha value is -1.52. The second-order valence-electron chi connectivity index (χ2n) is 3.04. The zero-order valence-corrected chi connectivity index (χ0v) is 9.72. The van der Waals surface area contributed by atoms with E-state index in [0.29, 0.717) is 20.7 Å². The van der Waals surface area contributed by atoms with E-state index < -0.39 is 5.91 Å². The first-order valence-electron chi connectivity index (χ1n) is 4.48. The van der Waals surface area contributed by atoms with Crippen molar-refractivity contribution in [3.05, 3.63) is 46.3 Å². The largest absolute Gasteiger partial charge is 0.447 e. The lowest BCUT2D eigenvalue weighted by atomic mass is 10.3. The summed E-state index contributed by atoms with van der Waals surface area (Å²) >= 11 is 6.96. The molecule has 16 heavy (non-hydrogen) atoms. The number of carbonyl (C=O) groups excluding carboxylic acids is 1. The molecule has 0 fully saturated rings. The molecule has 0 saturated heterocycles. The lowest BCUT2D eigenvalue weighted by molar-refractivity contribution is 0.100. The molecule has 0 unspecified atom stereocenters. The molecule has 2 rings (SSSR count). The summed E-state index contributed by atoms with van der Waals surface area (Å²) in [6.07, 6.45) is 0. The molecule has 0 bridgehead atoms. The van der Waals surface area contributed by atoms with Crippen LogP contribution in [0.4, 0.5) is 0 Å². The number of thiophene rings is 1. The van der Waals surface area contributed by atoms with Gasteiger partial charge in [-0.2, -0.15) is 0 Å². The van der Waals surface area contributed by atoms with Crippen LogP contribution in [0.2, 0.25) is 5.02 Å². The molecule has 0 radical (unpaired) electrons. The van der Waals surface area contributed by atoms with Gasteiger partial charge in [0.2, 0.25) is 0 Å². The standard InChI is InChI=1S/C11H8ClNO2S/c12-7-1-3-8(4-2-7)15-10-6-5-9(16-10)11(13)14/h1-6H,(H2,13,14). The van der Waals surface area contributed by atoms with Crippen LogP contribution < -0.4 is 10.5 Å². The number of hydrogen-bond donors (Lipinski definition) is 1. The highest BCUT2D eigenvalue weighted by molar-refractivity contribution is 7.15. The fraction of sp³-hybridized carbons (Fsp3) is 0. The zero-order valence-electron chi connectivity index (χ0n) is 8.14. The van der Waals surface area contributed by atoms with Gasteiger partial charge in [0.1, 0.15) is 5.75 Å². The molecule has 0 atom stereocenters. The van der Waals surface area contributed by atoms with Crippen LogP contribution in [-0.4, -0.2) is 5.91 Å². The summed E-state index contributed by atoms with van der Waals surface area (Å²) in [5, 5.41) is 1.27. The number of rotatable bonds is 3. The van der Waals surface area contributed by atoms with E-state index in [9.17, 15) is 4.79 Å². The van der Waals surface area contributed by atoms with E-state index in [1.807, 2.05) is 0 Å². The average molecular weight is 254 g/mol. The number of amides is 1. The third-order valence-corrected chi connectivity index (χ3v) is 3.09. The van der Waals surface area contributed by atoms with E-state index in [0.717, 1.165) is 0 Å². The van der Waals surface area contributed by atoms with Gasteiger partial charge in [-0.1, -0.05) is 22.9 Å². The molecule has 5 heteroatoms. The van der Waals surface area contributed by atoms with Gasteiger partial charge in [-0.3, -0.25) is 4.79 Å². The quantitative estimate of drug-likeness (QED) is 0.913. The minimum atomic E-state index is -0.448. The van der Waals surface area contributed by atoms with Gasteiger partial charge in [0.25, 0.3) is 5.91 Å². The van der Waals surface area contributed by atoms with Crippen molar-refractivity contribution < 1.29 is 9.53 Å². The second kappa shape index (κ2) is 4.55. The molecule has 1 heterocycles. The highest BCUT2D eigenvalue weighted by Gasteiger charge is 2.06. The smallest absolute Gasteiger partial charge is 0.258 e. The molecule has 0 aliphatic rings. The van der Waals surface area contributed by atoms with Gasteiger partial charge < -0.3 is 10.5 Å². The van der Waals surface area contributed by atoms with Gasteiger partial charge >= 0.3 is 0 Å². The summed E-state index contributed by atoms with van der Waals surface area (Å²) in [7, 11) is 0. The Kier molecular flexibility index (Phi) is 3.12. The SMILES string of the molecule is NC(=O)c1ccc(Oc2ccc(Cl)cc2)s1. The van der Waals surface area contributed by atoms with Crippen molar-refractivity contribution in [3.63, 3.8) is 0 Å². The first kappa shape index (κ1) is 11.0. The second-order valence-corrected chi connectivity index (χ2v) is 4.52. The molecule has 1 aromatic carbocycles. The summed E-state index contributed by atoms with van der Waals surface area (Å²) < 4.78 is 5.52. The predicted octanol–water partition coefficient (Wildman–Crippen LogP) is 3.29. The third kappa shape index (κ3) is 2.53. The Morgan fingerprint density at radius 3 is 2.44 bits per heavy atom. The van der Waals surface area contributed by atoms with Crippen LogP contribution in [0.3, 0.4) is 0 Å². The molecular weight excluding hydrogens is 246 g/mol. The molecule has 3 nitrogen and oxygen atoms in total. The van der Waals surface area contributed by atoms with Gasteiger partial charge in [-0.25, -0.2) is 0 Å². The minimum Gasteiger partial charge on any atom is -0.447 e. The molecule has 0 saturated carbocycles. The topological polar surface area (TPSA) is 52.3 Å². The maximum absolute atomic E-state index is 10.9. The van der Waals surface area contributed by atoms with Crippen molar-refractivity contribution in [2.24, 2.45) is 5.73 Å². The van der Waals surface area contributed by atoms with Crippen molar-refractivity contribution in [1.82, 2.24) is 0 Å². The third-order valence-electron chi connectivity index (χ3n) is 1.86. The number of nitrogens with two attached hydrogens (primary N) is 1. The van der Waals surface area contributed by atoms with Crippen molar-refractivity contribution in [2.45, 2.75) is 0 Å². The van der Waals surface area contributed by atoms with Crippen LogP contribution in [0.1, 0.15) is 9.67 Å².